The zero-order chi connectivity index (χ0) is 20.6. The molecule has 0 radical (unpaired) electrons. The number of piperidine rings is 1. The maximum Gasteiger partial charge on any atom is 0.330 e. The van der Waals surface area contributed by atoms with E-state index in [1.807, 2.05) is 12.1 Å². The van der Waals surface area contributed by atoms with Gasteiger partial charge in [0.05, 0.1) is 11.6 Å². The average Bonchev–Trinajstić information content (AvgIpc) is 2.71. The molecule has 0 amide bonds. The molecule has 0 atom stereocenters. The number of nitrogens with zero attached hydrogens (tertiary/aromatic N) is 2. The molecule has 154 valence electrons. The molecule has 2 aromatic rings. The Balaban J connectivity index is 1.49. The standard InChI is InChI=1S/C22H25ClFN3O2/c1-2-29-21(28)8-5-17-13-20(23)22(25-14-17)26-19-9-11-27(12-10-19)15-16-3-6-18(24)7-4-16/h3-8,13-14,19H,2,9-12,15H2,1H3,(H,25,26). The van der Waals surface area contributed by atoms with Crippen LogP contribution < -0.4 is 5.32 Å². The SMILES string of the molecule is CCOC(=O)C=Cc1cnc(NC2CCN(Cc3ccc(F)cc3)CC2)c(Cl)c1. The minimum atomic E-state index is -0.391. The summed E-state index contributed by atoms with van der Waals surface area (Å²) < 4.78 is 17.9. The summed E-state index contributed by atoms with van der Waals surface area (Å²) in [4.78, 5) is 18.2. The maximum absolute atomic E-state index is 13.0. The normalized spacial score (nSPS) is 15.6. The van der Waals surface area contributed by atoms with Crippen LogP contribution in [0.2, 0.25) is 5.02 Å². The van der Waals surface area contributed by atoms with Crippen LogP contribution in [-0.4, -0.2) is 41.6 Å². The molecule has 0 aliphatic carbocycles. The molecule has 1 saturated heterocycles. The highest BCUT2D eigenvalue weighted by molar-refractivity contribution is 6.33. The average molecular weight is 418 g/mol. The van der Waals surface area contributed by atoms with Gasteiger partial charge in [-0.25, -0.2) is 14.2 Å². The topological polar surface area (TPSA) is 54.5 Å². The van der Waals surface area contributed by atoms with Crippen molar-refractivity contribution in [1.29, 1.82) is 0 Å². The largest absolute Gasteiger partial charge is 0.463 e. The van der Waals surface area contributed by atoms with Gasteiger partial charge in [0.2, 0.25) is 0 Å². The summed E-state index contributed by atoms with van der Waals surface area (Å²) in [6.45, 7) is 4.83. The van der Waals surface area contributed by atoms with Crippen LogP contribution in [0.1, 0.15) is 30.9 Å². The fourth-order valence-electron chi connectivity index (χ4n) is 3.28. The Labute approximate surface area is 175 Å². The van der Waals surface area contributed by atoms with Crippen LogP contribution in [-0.2, 0) is 16.1 Å². The van der Waals surface area contributed by atoms with Gasteiger partial charge in [0.25, 0.3) is 0 Å². The lowest BCUT2D eigenvalue weighted by Gasteiger charge is -2.32. The van der Waals surface area contributed by atoms with Gasteiger partial charge in [-0.15, -0.1) is 0 Å². The summed E-state index contributed by atoms with van der Waals surface area (Å²) >= 11 is 6.36. The number of anilines is 1. The second kappa shape index (κ2) is 10.4. The lowest BCUT2D eigenvalue weighted by molar-refractivity contribution is -0.137. The number of esters is 1. The minimum Gasteiger partial charge on any atom is -0.463 e. The quantitative estimate of drug-likeness (QED) is 0.530. The molecule has 29 heavy (non-hydrogen) atoms. The highest BCUT2D eigenvalue weighted by Gasteiger charge is 2.20. The van der Waals surface area contributed by atoms with Crippen LogP contribution in [0.3, 0.4) is 0 Å². The summed E-state index contributed by atoms with van der Waals surface area (Å²) in [5, 5.41) is 3.94. The van der Waals surface area contributed by atoms with Gasteiger partial charge in [-0.05, 0) is 55.2 Å². The number of pyridine rings is 1. The van der Waals surface area contributed by atoms with Crippen LogP contribution in [0.25, 0.3) is 6.08 Å². The third-order valence-electron chi connectivity index (χ3n) is 4.81. The number of carbonyl (C=O) groups is 1. The van der Waals surface area contributed by atoms with E-state index in [2.05, 4.69) is 15.2 Å². The lowest BCUT2D eigenvalue weighted by Crippen LogP contribution is -2.38. The molecule has 0 saturated carbocycles. The third-order valence-corrected chi connectivity index (χ3v) is 5.10. The number of aromatic nitrogens is 1. The lowest BCUT2D eigenvalue weighted by atomic mass is 10.0. The van der Waals surface area contributed by atoms with E-state index < -0.39 is 5.97 Å². The van der Waals surface area contributed by atoms with Gasteiger partial charge in [0, 0.05) is 37.9 Å². The van der Waals surface area contributed by atoms with Crippen LogP contribution in [0.15, 0.2) is 42.6 Å². The van der Waals surface area contributed by atoms with Gasteiger partial charge < -0.3 is 10.1 Å². The van der Waals surface area contributed by atoms with Crippen LogP contribution >= 0.6 is 11.6 Å². The first-order chi connectivity index (χ1) is 14.0. The van der Waals surface area contributed by atoms with Crippen molar-refractivity contribution in [2.75, 3.05) is 25.0 Å². The van der Waals surface area contributed by atoms with Crippen molar-refractivity contribution < 1.29 is 13.9 Å². The fraction of sp³-hybridized carbons (Fsp3) is 0.364. The van der Waals surface area contributed by atoms with E-state index in [-0.39, 0.29) is 5.82 Å². The first kappa shape index (κ1) is 21.3. The highest BCUT2D eigenvalue weighted by atomic mass is 35.5. The Hall–Kier alpha value is -2.44. The molecule has 0 spiro atoms. The molecule has 1 aromatic carbocycles. The van der Waals surface area contributed by atoms with Crippen LogP contribution in [0.4, 0.5) is 10.2 Å². The molecule has 7 heteroatoms. The summed E-state index contributed by atoms with van der Waals surface area (Å²) in [6, 6.07) is 8.75. The van der Waals surface area contributed by atoms with Crippen LogP contribution in [0, 0.1) is 5.82 Å². The number of halogens is 2. The van der Waals surface area contributed by atoms with Gasteiger partial charge in [-0.3, -0.25) is 4.90 Å². The zero-order valence-corrected chi connectivity index (χ0v) is 17.2. The monoisotopic (exact) mass is 417 g/mol. The number of hydrogen-bond donors (Lipinski definition) is 1. The van der Waals surface area contributed by atoms with E-state index in [1.54, 1.807) is 25.3 Å². The van der Waals surface area contributed by atoms with E-state index in [1.165, 1.54) is 18.2 Å². The molecule has 1 fully saturated rings. The molecule has 0 bridgehead atoms. The zero-order valence-electron chi connectivity index (χ0n) is 16.4. The van der Waals surface area contributed by atoms with E-state index >= 15 is 0 Å². The number of ether oxygens (including phenoxy) is 1. The third kappa shape index (κ3) is 6.54. The predicted molar refractivity (Wildman–Crippen MR) is 113 cm³/mol. The van der Waals surface area contributed by atoms with E-state index in [4.69, 9.17) is 16.3 Å². The summed E-state index contributed by atoms with van der Waals surface area (Å²) in [6.07, 6.45) is 6.62. The van der Waals surface area contributed by atoms with Crippen molar-refractivity contribution in [3.63, 3.8) is 0 Å². The Kier molecular flexibility index (Phi) is 7.61. The number of nitrogens with one attached hydrogen (secondary N) is 1. The minimum absolute atomic E-state index is 0.205. The van der Waals surface area contributed by atoms with Gasteiger partial charge in [-0.1, -0.05) is 23.7 Å². The Morgan fingerprint density at radius 2 is 2.07 bits per heavy atom. The van der Waals surface area contributed by atoms with Gasteiger partial charge in [-0.2, -0.15) is 0 Å². The molecule has 0 unspecified atom stereocenters. The molecule has 1 aliphatic rings. The predicted octanol–water partition coefficient (Wildman–Crippen LogP) is 4.53. The maximum atomic E-state index is 13.0. The van der Waals surface area contributed by atoms with Crippen molar-refractivity contribution in [3.8, 4) is 0 Å². The van der Waals surface area contributed by atoms with Gasteiger partial charge >= 0.3 is 5.97 Å². The first-order valence-corrected chi connectivity index (χ1v) is 10.1. The number of likely N-dealkylation sites (tertiary alicyclic amines) is 1. The molecule has 3 rings (SSSR count). The van der Waals surface area contributed by atoms with Crippen molar-refractivity contribution in [3.05, 3.63) is 64.6 Å². The Morgan fingerprint density at radius 1 is 1.34 bits per heavy atom. The molecule has 5 nitrogen and oxygen atoms in total. The molecular weight excluding hydrogens is 393 g/mol. The second-order valence-electron chi connectivity index (χ2n) is 7.01. The molecule has 1 N–H and O–H groups in total. The smallest absolute Gasteiger partial charge is 0.330 e. The van der Waals surface area contributed by atoms with E-state index in [0.717, 1.165) is 43.6 Å². The molecular formula is C22H25ClFN3O2. The first-order valence-electron chi connectivity index (χ1n) is 9.77. The van der Waals surface area contributed by atoms with Gasteiger partial charge in [0.15, 0.2) is 0 Å². The van der Waals surface area contributed by atoms with Gasteiger partial charge in [0.1, 0.15) is 11.6 Å². The summed E-state index contributed by atoms with van der Waals surface area (Å²) in [5.41, 5.74) is 1.86. The van der Waals surface area contributed by atoms with Crippen molar-refractivity contribution in [2.45, 2.75) is 32.4 Å². The second-order valence-corrected chi connectivity index (χ2v) is 7.41. The van der Waals surface area contributed by atoms with E-state index in [0.29, 0.717) is 23.5 Å². The van der Waals surface area contributed by atoms with Crippen molar-refractivity contribution in [2.24, 2.45) is 0 Å². The fourth-order valence-corrected chi connectivity index (χ4v) is 3.51. The molecule has 1 aliphatic heterocycles. The number of benzene rings is 1. The highest BCUT2D eigenvalue weighted by Crippen LogP contribution is 2.24. The van der Waals surface area contributed by atoms with Crippen molar-refractivity contribution in [1.82, 2.24) is 9.88 Å². The molecule has 1 aromatic heterocycles. The Bertz CT molecular complexity index is 850. The Morgan fingerprint density at radius 3 is 2.72 bits per heavy atom. The number of carbonyl (C=O) groups excluding carboxylic acids is 1. The van der Waals surface area contributed by atoms with Crippen LogP contribution in [0.5, 0.6) is 0 Å². The number of hydrogen-bond acceptors (Lipinski definition) is 5. The molecule has 2 heterocycles. The van der Waals surface area contributed by atoms with E-state index in [9.17, 15) is 9.18 Å². The number of rotatable bonds is 7. The van der Waals surface area contributed by atoms with Crippen molar-refractivity contribution >= 4 is 29.5 Å². The summed E-state index contributed by atoms with van der Waals surface area (Å²) in [5.74, 6) is 0.0543. The summed E-state index contributed by atoms with van der Waals surface area (Å²) in [7, 11) is 0.